The number of hydrogen-bond donors (Lipinski definition) is 0. The van der Waals surface area contributed by atoms with Crippen LogP contribution in [0.15, 0.2) is 65.8 Å². The Balaban J connectivity index is 1.69. The van der Waals surface area contributed by atoms with Gasteiger partial charge in [-0.15, -0.1) is 0 Å². The van der Waals surface area contributed by atoms with Gasteiger partial charge in [0.2, 0.25) is 0 Å². The van der Waals surface area contributed by atoms with E-state index < -0.39 is 20.1 Å². The van der Waals surface area contributed by atoms with E-state index in [1.807, 2.05) is 26.0 Å². The molecule has 2 aromatic rings. The smallest absolute Gasteiger partial charge is 0.261 e. The predicted molar refractivity (Wildman–Crippen MR) is 181 cm³/mol. The molecule has 43 heavy (non-hydrogen) atoms. The first kappa shape index (κ1) is 35.3. The number of ether oxygens (including phenoxy) is 2. The normalized spacial score (nSPS) is 19.3. The molecule has 3 atom stereocenters. The zero-order chi connectivity index (χ0) is 31.3. The molecule has 1 fully saturated rings. The van der Waals surface area contributed by atoms with Gasteiger partial charge >= 0.3 is 0 Å². The summed E-state index contributed by atoms with van der Waals surface area (Å²) in [5.41, 5.74) is 9.63. The topological polar surface area (TPSA) is 76.5 Å². The van der Waals surface area contributed by atoms with Crippen LogP contribution in [-0.2, 0) is 13.9 Å². The molecule has 7 heteroatoms. The van der Waals surface area contributed by atoms with Gasteiger partial charge in [-0.2, -0.15) is 0 Å². The highest BCUT2D eigenvalue weighted by molar-refractivity contribution is 6.99. The van der Waals surface area contributed by atoms with Gasteiger partial charge in [0.1, 0.15) is 0 Å². The first-order valence-corrected chi connectivity index (χ1v) is 18.6. The molecule has 1 aliphatic rings. The molecule has 0 unspecified atom stereocenters. The minimum absolute atomic E-state index is 0.135. The Morgan fingerprint density at radius 2 is 1.35 bits per heavy atom. The Morgan fingerprint density at radius 3 is 1.84 bits per heavy atom. The lowest BCUT2D eigenvalue weighted by Gasteiger charge is -2.43. The van der Waals surface area contributed by atoms with Gasteiger partial charge in [0.15, 0.2) is 5.79 Å². The van der Waals surface area contributed by atoms with Gasteiger partial charge < -0.3 is 13.9 Å². The van der Waals surface area contributed by atoms with E-state index in [1.54, 1.807) is 0 Å². The van der Waals surface area contributed by atoms with Gasteiger partial charge in [0, 0.05) is 11.5 Å². The fraction of sp³-hybridized carbons (Fsp3) is 0.667. The second-order valence-corrected chi connectivity index (χ2v) is 18.5. The Morgan fingerprint density at radius 1 is 0.837 bits per heavy atom. The van der Waals surface area contributed by atoms with Crippen LogP contribution in [0.3, 0.4) is 0 Å². The highest BCUT2D eigenvalue weighted by atomic mass is 28.4. The molecule has 0 saturated carbocycles. The van der Waals surface area contributed by atoms with Crippen molar-refractivity contribution < 1.29 is 13.9 Å². The fourth-order valence-corrected chi connectivity index (χ4v) is 11.2. The van der Waals surface area contributed by atoms with Crippen LogP contribution in [0, 0.1) is 5.92 Å². The SMILES string of the molecule is CC(C)CCCCCCCCCC[C@H]1OC(C)(C)O[C@H]1[C@H](CO[Si](c1ccccc1)(c1ccccc1)C(C)(C)C)N=[N+]=[N-]. The maximum atomic E-state index is 9.63. The third-order valence-electron chi connectivity index (χ3n) is 8.71. The summed E-state index contributed by atoms with van der Waals surface area (Å²) in [6, 6.07) is 20.6. The van der Waals surface area contributed by atoms with Crippen molar-refractivity contribution >= 4 is 18.7 Å². The van der Waals surface area contributed by atoms with E-state index in [-0.39, 0.29) is 23.9 Å². The van der Waals surface area contributed by atoms with Gasteiger partial charge in [0.05, 0.1) is 18.2 Å². The first-order valence-electron chi connectivity index (χ1n) is 16.6. The monoisotopic (exact) mass is 607 g/mol. The second-order valence-electron chi connectivity index (χ2n) is 14.2. The van der Waals surface area contributed by atoms with E-state index in [2.05, 4.69) is 93.2 Å². The Kier molecular flexibility index (Phi) is 13.8. The number of benzene rings is 2. The van der Waals surface area contributed by atoms with Crippen LogP contribution < -0.4 is 10.4 Å². The van der Waals surface area contributed by atoms with E-state index in [9.17, 15) is 5.53 Å². The molecular weight excluding hydrogens is 551 g/mol. The van der Waals surface area contributed by atoms with Gasteiger partial charge in [-0.3, -0.25) is 0 Å². The maximum absolute atomic E-state index is 9.63. The molecule has 2 aromatic carbocycles. The third-order valence-corrected chi connectivity index (χ3v) is 13.7. The molecule has 1 aliphatic heterocycles. The zero-order valence-corrected chi connectivity index (χ0v) is 28.9. The largest absolute Gasteiger partial charge is 0.407 e. The molecule has 0 N–H and O–H groups in total. The van der Waals surface area contributed by atoms with Crippen molar-refractivity contribution in [1.82, 2.24) is 0 Å². The highest BCUT2D eigenvalue weighted by Crippen LogP contribution is 2.38. The Labute approximate surface area is 262 Å². The quantitative estimate of drug-likeness (QED) is 0.0557. The van der Waals surface area contributed by atoms with E-state index >= 15 is 0 Å². The summed E-state index contributed by atoms with van der Waals surface area (Å²) < 4.78 is 20.0. The second kappa shape index (κ2) is 16.8. The standard InChI is InChI=1S/C36H57N3O3Si/c1-29(2)22-16-12-10-8-9-11-13-21-27-33-34(42-36(6,7)41-33)32(38-39-37)28-40-43(35(3,4)5,30-23-17-14-18-24-30)31-25-19-15-20-26-31/h14-15,17-20,23-26,29,32-34H,8-13,16,21-22,27-28H2,1-7H3/t32-,33+,34-/m0/s1. The lowest BCUT2D eigenvalue weighted by molar-refractivity contribution is -0.148. The molecule has 0 spiro atoms. The summed E-state index contributed by atoms with van der Waals surface area (Å²) in [6.07, 6.45) is 12.0. The lowest BCUT2D eigenvalue weighted by atomic mass is 9.99. The predicted octanol–water partition coefficient (Wildman–Crippen LogP) is 9.32. The zero-order valence-electron chi connectivity index (χ0n) is 27.9. The van der Waals surface area contributed by atoms with Gasteiger partial charge in [-0.1, -0.05) is 158 Å². The van der Waals surface area contributed by atoms with Crippen molar-refractivity contribution in [2.24, 2.45) is 11.0 Å². The van der Waals surface area contributed by atoms with E-state index in [0.29, 0.717) is 0 Å². The van der Waals surface area contributed by atoms with Crippen LogP contribution in [0.5, 0.6) is 0 Å². The van der Waals surface area contributed by atoms with Crippen LogP contribution in [0.25, 0.3) is 10.4 Å². The molecular formula is C36H57N3O3Si. The van der Waals surface area contributed by atoms with Gasteiger partial charge in [-0.05, 0) is 47.1 Å². The number of rotatable bonds is 18. The lowest BCUT2D eigenvalue weighted by Crippen LogP contribution is -2.67. The summed E-state index contributed by atoms with van der Waals surface area (Å²) in [5.74, 6) is 0.0859. The van der Waals surface area contributed by atoms with E-state index in [1.165, 1.54) is 61.7 Å². The van der Waals surface area contributed by atoms with Crippen LogP contribution in [0.2, 0.25) is 5.04 Å². The molecule has 0 amide bonds. The molecule has 6 nitrogen and oxygen atoms in total. The minimum Gasteiger partial charge on any atom is -0.407 e. The molecule has 0 aromatic heterocycles. The third kappa shape index (κ3) is 10.2. The molecule has 1 heterocycles. The molecule has 0 radical (unpaired) electrons. The molecule has 3 rings (SSSR count). The highest BCUT2D eigenvalue weighted by Gasteiger charge is 2.52. The van der Waals surface area contributed by atoms with Crippen LogP contribution >= 0.6 is 0 Å². The van der Waals surface area contributed by atoms with Crippen molar-refractivity contribution in [2.75, 3.05) is 6.61 Å². The van der Waals surface area contributed by atoms with Crippen LogP contribution in [0.1, 0.15) is 113 Å². The van der Waals surface area contributed by atoms with Crippen molar-refractivity contribution in [3.05, 3.63) is 71.1 Å². The van der Waals surface area contributed by atoms with E-state index in [0.717, 1.165) is 18.8 Å². The minimum atomic E-state index is -2.79. The summed E-state index contributed by atoms with van der Waals surface area (Å²) in [4.78, 5) is 3.26. The van der Waals surface area contributed by atoms with Crippen LogP contribution in [-0.4, -0.2) is 39.0 Å². The molecule has 1 saturated heterocycles. The number of unbranched alkanes of at least 4 members (excludes halogenated alkanes) is 7. The summed E-state index contributed by atoms with van der Waals surface area (Å²) in [7, 11) is -2.79. The summed E-state index contributed by atoms with van der Waals surface area (Å²) in [6.45, 7) is 15.6. The van der Waals surface area contributed by atoms with Gasteiger partial charge in [0.25, 0.3) is 8.32 Å². The number of azide groups is 1. The van der Waals surface area contributed by atoms with Crippen molar-refractivity contribution in [1.29, 1.82) is 0 Å². The maximum Gasteiger partial charge on any atom is 0.261 e. The summed E-state index contributed by atoms with van der Waals surface area (Å²) in [5, 5.41) is 6.51. The van der Waals surface area contributed by atoms with Crippen molar-refractivity contribution in [3.63, 3.8) is 0 Å². The average molecular weight is 608 g/mol. The number of nitrogens with zero attached hydrogens (tertiary/aromatic N) is 3. The Hall–Kier alpha value is -2.15. The van der Waals surface area contributed by atoms with Gasteiger partial charge in [-0.25, -0.2) is 0 Å². The number of hydrogen-bond acceptors (Lipinski definition) is 4. The fourth-order valence-electron chi connectivity index (χ4n) is 6.60. The Bertz CT molecular complexity index is 1070. The molecule has 0 bridgehead atoms. The molecule has 0 aliphatic carbocycles. The van der Waals surface area contributed by atoms with Crippen molar-refractivity contribution in [2.45, 2.75) is 142 Å². The molecule has 238 valence electrons. The van der Waals surface area contributed by atoms with Crippen molar-refractivity contribution in [3.8, 4) is 0 Å². The van der Waals surface area contributed by atoms with Crippen LogP contribution in [0.4, 0.5) is 0 Å². The first-order chi connectivity index (χ1) is 20.5. The van der Waals surface area contributed by atoms with E-state index in [4.69, 9.17) is 13.9 Å². The average Bonchev–Trinajstić information content (AvgIpc) is 3.27. The summed E-state index contributed by atoms with van der Waals surface area (Å²) >= 11 is 0.